The van der Waals surface area contributed by atoms with Crippen LogP contribution in [0.25, 0.3) is 17.2 Å². The number of carbonyl (C=O) groups is 2. The molecule has 1 amide bonds. The van der Waals surface area contributed by atoms with Crippen molar-refractivity contribution in [2.45, 2.75) is 26.3 Å². The molecule has 0 saturated carbocycles. The van der Waals surface area contributed by atoms with E-state index in [1.165, 1.54) is 26.4 Å². The van der Waals surface area contributed by atoms with Gasteiger partial charge in [-0.2, -0.15) is 0 Å². The molecule has 0 fully saturated rings. The van der Waals surface area contributed by atoms with Crippen LogP contribution in [0.5, 0.6) is 11.5 Å². The van der Waals surface area contributed by atoms with Crippen LogP contribution in [0.3, 0.4) is 0 Å². The first-order valence-corrected chi connectivity index (χ1v) is 12.0. The van der Waals surface area contributed by atoms with Crippen LogP contribution < -0.4 is 20.1 Å². The minimum absolute atomic E-state index is 0.0622. The summed E-state index contributed by atoms with van der Waals surface area (Å²) in [5, 5.41) is 14.9. The Kier molecular flexibility index (Phi) is 8.15. The Morgan fingerprint density at radius 2 is 1.82 bits per heavy atom. The highest BCUT2D eigenvalue weighted by Gasteiger charge is 2.26. The van der Waals surface area contributed by atoms with Gasteiger partial charge in [-0.25, -0.2) is 4.39 Å². The van der Waals surface area contributed by atoms with E-state index in [1.807, 2.05) is 25.1 Å². The Morgan fingerprint density at radius 3 is 2.45 bits per heavy atom. The maximum Gasteiger partial charge on any atom is 0.305 e. The highest BCUT2D eigenvalue weighted by Crippen LogP contribution is 2.45. The van der Waals surface area contributed by atoms with E-state index in [-0.39, 0.29) is 37.7 Å². The number of fused-ring (bicyclic) bond motifs is 1. The number of hydrogen-bond acceptors (Lipinski definition) is 6. The second-order valence-electron chi connectivity index (χ2n) is 8.76. The third-order valence-corrected chi connectivity index (χ3v) is 6.31. The molecule has 2 aromatic carbocycles. The summed E-state index contributed by atoms with van der Waals surface area (Å²) in [5.74, 6) is 0.113. The Labute approximate surface area is 219 Å². The first-order chi connectivity index (χ1) is 18.3. The lowest BCUT2D eigenvalue weighted by Gasteiger charge is -2.16. The third kappa shape index (κ3) is 5.88. The number of carbonyl (C=O) groups excluding carboxylic acids is 1. The number of hydrogen-bond donors (Lipinski definition) is 3. The molecule has 3 aromatic rings. The fourth-order valence-electron chi connectivity index (χ4n) is 4.45. The quantitative estimate of drug-likeness (QED) is 0.312. The molecule has 0 bridgehead atoms. The van der Waals surface area contributed by atoms with Gasteiger partial charge in [-0.1, -0.05) is 6.07 Å². The number of ether oxygens (including phenoxy) is 2. The molecule has 38 heavy (non-hydrogen) atoms. The van der Waals surface area contributed by atoms with Crippen molar-refractivity contribution in [2.75, 3.05) is 26.1 Å². The summed E-state index contributed by atoms with van der Waals surface area (Å²) in [4.78, 5) is 23.7. The molecule has 3 N–H and O–H groups in total. The molecule has 0 spiro atoms. The number of aliphatic carboxylic acids is 1. The number of benzene rings is 2. The topological polar surface area (TPSA) is 110 Å². The first-order valence-electron chi connectivity index (χ1n) is 12.0. The van der Waals surface area contributed by atoms with E-state index >= 15 is 0 Å². The fourth-order valence-corrected chi connectivity index (χ4v) is 4.45. The van der Waals surface area contributed by atoms with Crippen LogP contribution in [-0.4, -0.2) is 37.7 Å². The number of halogens is 1. The molecule has 8 nitrogen and oxygen atoms in total. The fraction of sp³-hybridized carbons (Fsp3) is 0.241. The van der Waals surface area contributed by atoms with Crippen molar-refractivity contribution in [3.63, 3.8) is 0 Å². The number of carboxylic acids is 1. The van der Waals surface area contributed by atoms with Gasteiger partial charge < -0.3 is 29.6 Å². The molecular formula is C29H29FN2O6. The van der Waals surface area contributed by atoms with Gasteiger partial charge in [0.15, 0.2) is 0 Å². The minimum atomic E-state index is -0.916. The van der Waals surface area contributed by atoms with Crippen LogP contribution in [0.1, 0.15) is 42.2 Å². The zero-order valence-electron chi connectivity index (χ0n) is 21.4. The van der Waals surface area contributed by atoms with Crippen LogP contribution in [0, 0.1) is 5.82 Å². The van der Waals surface area contributed by atoms with Gasteiger partial charge in [0.25, 0.3) is 0 Å². The molecule has 0 saturated heterocycles. The zero-order chi connectivity index (χ0) is 27.2. The summed E-state index contributed by atoms with van der Waals surface area (Å²) in [7, 11) is 3.04. The van der Waals surface area contributed by atoms with Gasteiger partial charge >= 0.3 is 5.97 Å². The molecule has 0 unspecified atom stereocenters. The number of nitrogens with one attached hydrogen (secondary N) is 2. The third-order valence-electron chi connectivity index (χ3n) is 6.31. The number of amides is 1. The van der Waals surface area contributed by atoms with E-state index in [0.29, 0.717) is 28.5 Å². The van der Waals surface area contributed by atoms with Crippen molar-refractivity contribution in [3.05, 3.63) is 82.6 Å². The SMILES string of the molecule is COc1cc(/C=C2/C(C)=C(CC(=O)NCc3ccco3)c3cc(F)ccc32)cc(OC)c1NCCC(=O)O. The molecule has 0 atom stereocenters. The van der Waals surface area contributed by atoms with Crippen molar-refractivity contribution in [1.29, 1.82) is 0 Å². The molecule has 1 aromatic heterocycles. The van der Waals surface area contributed by atoms with Crippen LogP contribution >= 0.6 is 0 Å². The Morgan fingerprint density at radius 1 is 1.08 bits per heavy atom. The summed E-state index contributed by atoms with van der Waals surface area (Å²) in [6, 6.07) is 11.7. The maximum absolute atomic E-state index is 14.2. The van der Waals surface area contributed by atoms with Crippen molar-refractivity contribution in [1.82, 2.24) is 5.32 Å². The van der Waals surface area contributed by atoms with Crippen molar-refractivity contribution < 1.29 is 33.0 Å². The highest BCUT2D eigenvalue weighted by atomic mass is 19.1. The van der Waals surface area contributed by atoms with Gasteiger partial charge in [-0.3, -0.25) is 9.59 Å². The monoisotopic (exact) mass is 520 g/mol. The summed E-state index contributed by atoms with van der Waals surface area (Å²) in [5.41, 5.74) is 5.26. The zero-order valence-corrected chi connectivity index (χ0v) is 21.4. The molecular weight excluding hydrogens is 491 g/mol. The number of anilines is 1. The van der Waals surface area contributed by atoms with E-state index < -0.39 is 5.97 Å². The molecule has 4 rings (SSSR count). The largest absolute Gasteiger partial charge is 0.494 e. The second-order valence-corrected chi connectivity index (χ2v) is 8.76. The molecule has 1 heterocycles. The van der Waals surface area contributed by atoms with Gasteiger partial charge in [0, 0.05) is 6.54 Å². The van der Waals surface area contributed by atoms with Crippen LogP contribution in [-0.2, 0) is 16.1 Å². The number of rotatable bonds is 11. The summed E-state index contributed by atoms with van der Waals surface area (Å²) in [6.07, 6.45) is 3.50. The minimum Gasteiger partial charge on any atom is -0.494 e. The molecule has 9 heteroatoms. The van der Waals surface area contributed by atoms with Crippen molar-refractivity contribution in [3.8, 4) is 11.5 Å². The Bertz CT molecular complexity index is 1380. The van der Waals surface area contributed by atoms with Crippen LogP contribution in [0.4, 0.5) is 10.1 Å². The average Bonchev–Trinajstić information content (AvgIpc) is 3.50. The smallest absolute Gasteiger partial charge is 0.305 e. The van der Waals surface area contributed by atoms with Gasteiger partial charge in [0.2, 0.25) is 5.91 Å². The average molecular weight is 521 g/mol. The van der Waals surface area contributed by atoms with Crippen LogP contribution in [0.15, 0.2) is 58.7 Å². The Hall–Kier alpha value is -4.53. The van der Waals surface area contributed by atoms with Crippen molar-refractivity contribution in [2.24, 2.45) is 0 Å². The maximum atomic E-state index is 14.2. The number of furan rings is 1. The lowest BCUT2D eigenvalue weighted by Crippen LogP contribution is -2.22. The number of methoxy groups -OCH3 is 2. The first kappa shape index (κ1) is 26.5. The predicted octanol–water partition coefficient (Wildman–Crippen LogP) is 5.36. The lowest BCUT2D eigenvalue weighted by atomic mass is 10.00. The second kappa shape index (κ2) is 11.7. The van der Waals surface area contributed by atoms with Crippen LogP contribution in [0.2, 0.25) is 0 Å². The molecule has 1 aliphatic carbocycles. The van der Waals surface area contributed by atoms with E-state index in [9.17, 15) is 14.0 Å². The van der Waals surface area contributed by atoms with E-state index in [0.717, 1.165) is 27.8 Å². The predicted molar refractivity (Wildman–Crippen MR) is 142 cm³/mol. The summed E-state index contributed by atoms with van der Waals surface area (Å²) >= 11 is 0. The summed E-state index contributed by atoms with van der Waals surface area (Å²) < 4.78 is 30.6. The highest BCUT2D eigenvalue weighted by molar-refractivity contribution is 6.08. The standard InChI is InChI=1S/C29H29FN2O6/c1-17-22(11-18-12-25(36-2)29(26(13-18)37-3)31-9-8-28(34)35)21-7-6-19(30)14-24(21)23(17)15-27(33)32-16-20-5-4-10-38-20/h4-7,10-14,31H,8-9,15-16H2,1-3H3,(H,32,33)(H,34,35)/b22-11-. The summed E-state index contributed by atoms with van der Waals surface area (Å²) in [6.45, 7) is 2.38. The molecule has 198 valence electrons. The van der Waals surface area contributed by atoms with Crippen molar-refractivity contribution >= 4 is 34.8 Å². The number of carboxylic acid groups (broad SMARTS) is 1. The number of allylic oxidation sites excluding steroid dienone is 2. The van der Waals surface area contributed by atoms with Gasteiger partial charge in [-0.15, -0.1) is 0 Å². The lowest BCUT2D eigenvalue weighted by molar-refractivity contribution is -0.136. The van der Waals surface area contributed by atoms with E-state index in [4.69, 9.17) is 19.0 Å². The molecule has 1 aliphatic rings. The van der Waals surface area contributed by atoms with E-state index in [1.54, 1.807) is 24.5 Å². The van der Waals surface area contributed by atoms with E-state index in [2.05, 4.69) is 10.6 Å². The van der Waals surface area contributed by atoms with Gasteiger partial charge in [0.05, 0.1) is 39.9 Å². The molecule has 0 aliphatic heterocycles. The molecule has 0 radical (unpaired) electrons. The normalized spacial score (nSPS) is 13.4. The van der Waals surface area contributed by atoms with Gasteiger partial charge in [0.1, 0.15) is 28.8 Å². The van der Waals surface area contributed by atoms with Gasteiger partial charge in [-0.05, 0) is 82.8 Å². The Balaban J connectivity index is 1.67.